The molecule has 0 aliphatic carbocycles. The standard InChI is InChI=1S/C33H19N3O4S2/c37-41(38)27-12-6-4-10-23(27)25-18-21(14-16-29(25)41)32-34-31(20-8-2-1-3-9-20)35-33(36-32)22-15-17-30-26(19-22)24-11-5-7-13-28(24)42(30,39)40/h1-19H. The first-order chi connectivity index (χ1) is 20.3. The van der Waals surface area contributed by atoms with E-state index >= 15 is 0 Å². The molecule has 42 heavy (non-hydrogen) atoms. The highest BCUT2D eigenvalue weighted by atomic mass is 32.2. The van der Waals surface area contributed by atoms with Gasteiger partial charge in [-0.15, -0.1) is 0 Å². The Morgan fingerprint density at radius 3 is 1.21 bits per heavy atom. The van der Waals surface area contributed by atoms with Crippen molar-refractivity contribution in [3.8, 4) is 56.4 Å². The van der Waals surface area contributed by atoms with E-state index in [0.717, 1.165) is 5.56 Å². The Morgan fingerprint density at radius 1 is 0.357 bits per heavy atom. The van der Waals surface area contributed by atoms with E-state index in [1.807, 2.05) is 42.5 Å². The van der Waals surface area contributed by atoms with Gasteiger partial charge >= 0.3 is 0 Å². The first-order valence-electron chi connectivity index (χ1n) is 13.1. The molecule has 0 spiro atoms. The fraction of sp³-hybridized carbons (Fsp3) is 0. The van der Waals surface area contributed by atoms with E-state index < -0.39 is 19.7 Å². The van der Waals surface area contributed by atoms with E-state index in [-0.39, 0.29) is 19.6 Å². The summed E-state index contributed by atoms with van der Waals surface area (Å²) in [5.74, 6) is 1.19. The molecule has 1 aromatic heterocycles. The zero-order valence-corrected chi connectivity index (χ0v) is 23.4. The van der Waals surface area contributed by atoms with Crippen LogP contribution in [0.1, 0.15) is 0 Å². The minimum absolute atomic E-state index is 0.253. The third kappa shape index (κ3) is 3.54. The second kappa shape index (κ2) is 8.75. The molecule has 7 nitrogen and oxygen atoms in total. The van der Waals surface area contributed by atoms with Crippen LogP contribution in [0.15, 0.2) is 135 Å². The Balaban J connectivity index is 1.33. The van der Waals surface area contributed by atoms with Crippen LogP contribution >= 0.6 is 0 Å². The van der Waals surface area contributed by atoms with Gasteiger partial charge in [0.2, 0.25) is 19.7 Å². The van der Waals surface area contributed by atoms with Gasteiger partial charge in [0.05, 0.1) is 19.6 Å². The predicted octanol–water partition coefficient (Wildman–Crippen LogP) is 6.50. The predicted molar refractivity (Wildman–Crippen MR) is 158 cm³/mol. The lowest BCUT2D eigenvalue weighted by molar-refractivity contribution is 0.597. The minimum atomic E-state index is -3.61. The SMILES string of the molecule is O=S1(=O)c2ccccc2-c2cc(-c3nc(-c4ccccc4)nc(-c4ccc5c(c4)-c4ccccc4S5(=O)=O)n3)ccc21. The van der Waals surface area contributed by atoms with Gasteiger partial charge in [0.1, 0.15) is 0 Å². The van der Waals surface area contributed by atoms with Crippen molar-refractivity contribution in [2.24, 2.45) is 0 Å². The Kier molecular flexibility index (Phi) is 5.16. The Bertz CT molecular complexity index is 2190. The molecular formula is C33H19N3O4S2. The Hall–Kier alpha value is -4.99. The van der Waals surface area contributed by atoms with Crippen LogP contribution in [0.3, 0.4) is 0 Å². The molecule has 0 N–H and O–H groups in total. The molecule has 202 valence electrons. The lowest BCUT2D eigenvalue weighted by atomic mass is 10.0. The van der Waals surface area contributed by atoms with Crippen molar-refractivity contribution in [3.05, 3.63) is 115 Å². The minimum Gasteiger partial charge on any atom is -0.218 e. The first-order valence-corrected chi connectivity index (χ1v) is 16.1. The Morgan fingerprint density at radius 2 is 0.738 bits per heavy atom. The summed E-state index contributed by atoms with van der Waals surface area (Å²) in [5.41, 5.74) is 4.55. The largest absolute Gasteiger partial charge is 0.218 e. The summed E-state index contributed by atoms with van der Waals surface area (Å²) in [7, 11) is -7.22. The molecule has 3 heterocycles. The van der Waals surface area contributed by atoms with Crippen molar-refractivity contribution in [2.45, 2.75) is 19.6 Å². The van der Waals surface area contributed by atoms with Crippen molar-refractivity contribution in [1.82, 2.24) is 15.0 Å². The van der Waals surface area contributed by atoms with Gasteiger partial charge < -0.3 is 0 Å². The van der Waals surface area contributed by atoms with Crippen LogP contribution in [0.2, 0.25) is 0 Å². The number of nitrogens with zero attached hydrogens (tertiary/aromatic N) is 3. The molecule has 0 amide bonds. The number of hydrogen-bond acceptors (Lipinski definition) is 7. The van der Waals surface area contributed by atoms with Gasteiger partial charge in [-0.05, 0) is 48.5 Å². The average molecular weight is 586 g/mol. The van der Waals surface area contributed by atoms with Crippen LogP contribution in [0, 0.1) is 0 Å². The fourth-order valence-corrected chi connectivity index (χ4v) is 9.00. The van der Waals surface area contributed by atoms with Crippen LogP contribution in [0.25, 0.3) is 56.4 Å². The van der Waals surface area contributed by atoms with Gasteiger partial charge in [-0.3, -0.25) is 0 Å². The maximum Gasteiger partial charge on any atom is 0.207 e. The molecular weight excluding hydrogens is 567 g/mol. The zero-order chi connectivity index (χ0) is 28.6. The van der Waals surface area contributed by atoms with Gasteiger partial charge in [0.15, 0.2) is 17.5 Å². The highest BCUT2D eigenvalue weighted by Crippen LogP contribution is 2.46. The number of fused-ring (bicyclic) bond motifs is 6. The summed E-state index contributed by atoms with van der Waals surface area (Å²) in [5, 5.41) is 0. The van der Waals surface area contributed by atoms with E-state index in [1.54, 1.807) is 72.8 Å². The van der Waals surface area contributed by atoms with Gasteiger partial charge in [-0.25, -0.2) is 31.8 Å². The number of benzene rings is 5. The average Bonchev–Trinajstić information content (AvgIpc) is 3.40. The molecule has 0 unspecified atom stereocenters. The second-order valence-electron chi connectivity index (χ2n) is 10.1. The smallest absolute Gasteiger partial charge is 0.207 e. The number of hydrogen-bond donors (Lipinski definition) is 0. The number of rotatable bonds is 3. The lowest BCUT2D eigenvalue weighted by Crippen LogP contribution is -2.01. The van der Waals surface area contributed by atoms with E-state index in [1.165, 1.54) is 0 Å². The van der Waals surface area contributed by atoms with Crippen LogP contribution in [-0.2, 0) is 19.7 Å². The second-order valence-corrected chi connectivity index (χ2v) is 13.9. The molecule has 2 aliphatic heterocycles. The molecule has 8 rings (SSSR count). The summed E-state index contributed by atoms with van der Waals surface area (Å²) in [6.07, 6.45) is 0. The van der Waals surface area contributed by atoms with Crippen molar-refractivity contribution in [3.63, 3.8) is 0 Å². The van der Waals surface area contributed by atoms with Crippen molar-refractivity contribution in [1.29, 1.82) is 0 Å². The molecule has 0 bridgehead atoms. The van der Waals surface area contributed by atoms with Crippen molar-refractivity contribution in [2.75, 3.05) is 0 Å². The fourth-order valence-electron chi connectivity index (χ4n) is 5.66. The number of sulfone groups is 2. The summed E-state index contributed by atoms with van der Waals surface area (Å²) < 4.78 is 52.6. The highest BCUT2D eigenvalue weighted by Gasteiger charge is 2.34. The third-order valence-corrected chi connectivity index (χ3v) is 11.4. The topological polar surface area (TPSA) is 107 Å². The van der Waals surface area contributed by atoms with E-state index in [9.17, 15) is 16.8 Å². The van der Waals surface area contributed by atoms with Gasteiger partial charge in [0.25, 0.3) is 0 Å². The zero-order valence-electron chi connectivity index (χ0n) is 21.8. The van der Waals surface area contributed by atoms with Crippen LogP contribution < -0.4 is 0 Å². The van der Waals surface area contributed by atoms with Gasteiger partial charge in [-0.2, -0.15) is 0 Å². The molecule has 0 atom stereocenters. The van der Waals surface area contributed by atoms with E-state index in [0.29, 0.717) is 50.9 Å². The van der Waals surface area contributed by atoms with E-state index in [4.69, 9.17) is 15.0 Å². The lowest BCUT2D eigenvalue weighted by Gasteiger charge is -2.10. The summed E-state index contributed by atoms with van der Waals surface area (Å²) in [6.45, 7) is 0. The monoisotopic (exact) mass is 585 g/mol. The molecule has 0 saturated carbocycles. The summed E-state index contributed by atoms with van der Waals surface area (Å²) >= 11 is 0. The van der Waals surface area contributed by atoms with Crippen LogP contribution in [-0.4, -0.2) is 31.8 Å². The van der Waals surface area contributed by atoms with Crippen LogP contribution in [0.5, 0.6) is 0 Å². The molecule has 6 aromatic rings. The highest BCUT2D eigenvalue weighted by molar-refractivity contribution is 7.92. The normalized spacial score (nSPS) is 15.0. The third-order valence-electron chi connectivity index (χ3n) is 7.66. The maximum absolute atomic E-state index is 13.1. The van der Waals surface area contributed by atoms with Gasteiger partial charge in [-0.1, -0.05) is 66.7 Å². The van der Waals surface area contributed by atoms with Crippen LogP contribution in [0.4, 0.5) is 0 Å². The van der Waals surface area contributed by atoms with Gasteiger partial charge in [0, 0.05) is 38.9 Å². The molecule has 2 aliphatic rings. The molecule has 0 radical (unpaired) electrons. The maximum atomic E-state index is 13.1. The molecule has 5 aromatic carbocycles. The summed E-state index contributed by atoms with van der Waals surface area (Å²) in [4.78, 5) is 15.5. The Labute approximate surface area is 242 Å². The first kappa shape index (κ1) is 24.8. The molecule has 0 saturated heterocycles. The summed E-state index contributed by atoms with van der Waals surface area (Å²) in [6, 6.07) is 33.6. The molecule has 9 heteroatoms. The molecule has 0 fully saturated rings. The van der Waals surface area contributed by atoms with E-state index in [2.05, 4.69) is 0 Å². The quantitative estimate of drug-likeness (QED) is 0.233. The number of aromatic nitrogens is 3. The van der Waals surface area contributed by atoms with Crippen molar-refractivity contribution >= 4 is 19.7 Å². The van der Waals surface area contributed by atoms with Crippen molar-refractivity contribution < 1.29 is 16.8 Å².